The number of benzene rings is 2. The Morgan fingerprint density at radius 3 is 1.59 bits per heavy atom. The lowest BCUT2D eigenvalue weighted by Gasteiger charge is -2.24. The highest BCUT2D eigenvalue weighted by atomic mass is 16.1. The van der Waals surface area contributed by atoms with Gasteiger partial charge in [0.1, 0.15) is 0 Å². The molecule has 1 atom stereocenters. The van der Waals surface area contributed by atoms with E-state index in [1.807, 2.05) is 62.4 Å². The molecule has 0 radical (unpaired) electrons. The molecule has 0 aliphatic carbocycles. The van der Waals surface area contributed by atoms with Crippen LogP contribution in [0.4, 0.5) is 0 Å². The lowest BCUT2D eigenvalue weighted by atomic mass is 9.78. The number of hydrogen-bond donors (Lipinski definition) is 0. The van der Waals surface area contributed by atoms with E-state index in [2.05, 4.69) is 27.7 Å². The summed E-state index contributed by atoms with van der Waals surface area (Å²) in [6.45, 7) is 12.3. The van der Waals surface area contributed by atoms with Gasteiger partial charge in [-0.3, -0.25) is 9.59 Å². The van der Waals surface area contributed by atoms with Crippen molar-refractivity contribution >= 4 is 11.6 Å². The van der Waals surface area contributed by atoms with Crippen molar-refractivity contribution < 1.29 is 9.59 Å². The number of aryl methyl sites for hydroxylation is 2. The van der Waals surface area contributed by atoms with Crippen LogP contribution >= 0.6 is 0 Å². The van der Waals surface area contributed by atoms with Crippen LogP contribution in [0.1, 0.15) is 79.8 Å². The molecule has 154 valence electrons. The van der Waals surface area contributed by atoms with Crippen LogP contribution in [0, 0.1) is 11.8 Å². The molecule has 0 saturated carbocycles. The maximum Gasteiger partial charge on any atom is 0.189 e. The molecule has 2 heteroatoms. The van der Waals surface area contributed by atoms with Gasteiger partial charge in [-0.25, -0.2) is 0 Å². The van der Waals surface area contributed by atoms with Crippen molar-refractivity contribution in [1.29, 1.82) is 0 Å². The SMILES string of the molecule is CCc1ccc(C(=O)C[C@@H](C(C(=O)c2ccc(CC)cc2)=C(C)C)C(C)C)cc1. The van der Waals surface area contributed by atoms with Crippen molar-refractivity contribution in [3.8, 4) is 0 Å². The maximum atomic E-state index is 13.4. The monoisotopic (exact) mass is 390 g/mol. The molecule has 0 aliphatic heterocycles. The van der Waals surface area contributed by atoms with Gasteiger partial charge in [-0.2, -0.15) is 0 Å². The van der Waals surface area contributed by atoms with Gasteiger partial charge in [0.2, 0.25) is 0 Å². The molecule has 0 aliphatic rings. The summed E-state index contributed by atoms with van der Waals surface area (Å²) in [6.07, 6.45) is 2.25. The molecule has 0 fully saturated rings. The fourth-order valence-corrected chi connectivity index (χ4v) is 3.73. The minimum atomic E-state index is -0.100. The molecular formula is C27H34O2. The van der Waals surface area contributed by atoms with E-state index in [-0.39, 0.29) is 23.4 Å². The average Bonchev–Trinajstić information content (AvgIpc) is 2.72. The molecule has 0 amide bonds. The smallest absolute Gasteiger partial charge is 0.189 e. The van der Waals surface area contributed by atoms with Gasteiger partial charge in [-0.15, -0.1) is 0 Å². The summed E-state index contributed by atoms with van der Waals surface area (Å²) in [5.41, 5.74) is 5.62. The van der Waals surface area contributed by atoms with E-state index in [4.69, 9.17) is 0 Å². The van der Waals surface area contributed by atoms with Gasteiger partial charge in [-0.05, 0) is 49.7 Å². The van der Waals surface area contributed by atoms with Crippen molar-refractivity contribution in [2.45, 2.75) is 60.8 Å². The first kappa shape index (κ1) is 22.8. The molecule has 0 saturated heterocycles. The van der Waals surface area contributed by atoms with E-state index in [1.54, 1.807) is 0 Å². The van der Waals surface area contributed by atoms with E-state index in [0.717, 1.165) is 29.6 Å². The van der Waals surface area contributed by atoms with Gasteiger partial charge in [0.05, 0.1) is 0 Å². The van der Waals surface area contributed by atoms with E-state index >= 15 is 0 Å². The highest BCUT2D eigenvalue weighted by molar-refractivity contribution is 6.10. The van der Waals surface area contributed by atoms with E-state index in [0.29, 0.717) is 12.0 Å². The zero-order chi connectivity index (χ0) is 21.6. The van der Waals surface area contributed by atoms with Crippen LogP contribution in [0.2, 0.25) is 0 Å². The predicted octanol–water partition coefficient (Wildman–Crippen LogP) is 6.88. The van der Waals surface area contributed by atoms with E-state index in [1.165, 1.54) is 11.1 Å². The van der Waals surface area contributed by atoms with Crippen LogP contribution < -0.4 is 0 Å². The second kappa shape index (κ2) is 10.3. The number of carbonyl (C=O) groups is 2. The van der Waals surface area contributed by atoms with Crippen LogP contribution in [-0.4, -0.2) is 11.6 Å². The molecule has 2 aromatic carbocycles. The first-order chi connectivity index (χ1) is 13.8. The first-order valence-corrected chi connectivity index (χ1v) is 10.7. The Hall–Kier alpha value is -2.48. The Morgan fingerprint density at radius 2 is 1.21 bits per heavy atom. The molecule has 0 aromatic heterocycles. The third-order valence-corrected chi connectivity index (χ3v) is 5.67. The number of Topliss-reactive ketones (excluding diaryl/α,β-unsaturated/α-hetero) is 2. The molecule has 0 heterocycles. The summed E-state index contributed by atoms with van der Waals surface area (Å²) in [6, 6.07) is 15.7. The summed E-state index contributed by atoms with van der Waals surface area (Å²) in [4.78, 5) is 26.4. The van der Waals surface area contributed by atoms with Crippen molar-refractivity contribution in [3.63, 3.8) is 0 Å². The van der Waals surface area contributed by atoms with Crippen molar-refractivity contribution in [2.75, 3.05) is 0 Å². The molecule has 29 heavy (non-hydrogen) atoms. The predicted molar refractivity (Wildman–Crippen MR) is 122 cm³/mol. The fraction of sp³-hybridized carbons (Fsp3) is 0.407. The molecule has 0 spiro atoms. The molecular weight excluding hydrogens is 356 g/mol. The Labute approximate surface area is 176 Å². The standard InChI is InChI=1S/C27H34O2/c1-7-20-9-13-22(14-10-20)25(28)17-24(18(3)4)26(19(5)6)27(29)23-15-11-21(8-2)12-16-23/h9-16,18,24H,7-8,17H2,1-6H3/t24-/m1/s1. The Kier molecular flexibility index (Phi) is 8.13. The highest BCUT2D eigenvalue weighted by Gasteiger charge is 2.28. The number of carbonyl (C=O) groups excluding carboxylic acids is 2. The molecule has 2 nitrogen and oxygen atoms in total. The zero-order valence-electron chi connectivity index (χ0n) is 18.7. The maximum absolute atomic E-state index is 13.4. The van der Waals surface area contributed by atoms with Crippen LogP contribution in [0.3, 0.4) is 0 Å². The molecule has 0 N–H and O–H groups in total. The number of hydrogen-bond acceptors (Lipinski definition) is 2. The summed E-state index contributed by atoms with van der Waals surface area (Å²) in [7, 11) is 0. The highest BCUT2D eigenvalue weighted by Crippen LogP contribution is 2.31. The second-order valence-corrected chi connectivity index (χ2v) is 8.32. The van der Waals surface area contributed by atoms with Crippen molar-refractivity contribution in [3.05, 3.63) is 81.9 Å². The van der Waals surface area contributed by atoms with Crippen LogP contribution in [0.25, 0.3) is 0 Å². The quantitative estimate of drug-likeness (QED) is 0.345. The van der Waals surface area contributed by atoms with Crippen LogP contribution in [0.15, 0.2) is 59.7 Å². The van der Waals surface area contributed by atoms with Crippen LogP contribution in [-0.2, 0) is 12.8 Å². The van der Waals surface area contributed by atoms with Gasteiger partial charge < -0.3 is 0 Å². The molecule has 2 rings (SSSR count). The zero-order valence-corrected chi connectivity index (χ0v) is 18.7. The molecule has 0 unspecified atom stereocenters. The molecule has 2 aromatic rings. The Bertz CT molecular complexity index is 864. The molecule has 0 bridgehead atoms. The van der Waals surface area contributed by atoms with Crippen molar-refractivity contribution in [1.82, 2.24) is 0 Å². The van der Waals surface area contributed by atoms with Gasteiger partial charge in [0, 0.05) is 23.1 Å². The minimum absolute atomic E-state index is 0.0421. The number of rotatable bonds is 9. The van der Waals surface area contributed by atoms with Gasteiger partial charge >= 0.3 is 0 Å². The lowest BCUT2D eigenvalue weighted by molar-refractivity contribution is 0.0945. The van der Waals surface area contributed by atoms with Crippen molar-refractivity contribution in [2.24, 2.45) is 11.8 Å². The summed E-state index contributed by atoms with van der Waals surface area (Å²) in [5, 5.41) is 0. The van der Waals surface area contributed by atoms with Gasteiger partial charge in [0.15, 0.2) is 11.6 Å². The largest absolute Gasteiger partial charge is 0.294 e. The van der Waals surface area contributed by atoms with E-state index in [9.17, 15) is 9.59 Å². The Morgan fingerprint density at radius 1 is 0.759 bits per heavy atom. The topological polar surface area (TPSA) is 34.1 Å². The third-order valence-electron chi connectivity index (χ3n) is 5.67. The Balaban J connectivity index is 2.32. The normalized spacial score (nSPS) is 12.0. The summed E-state index contributed by atoms with van der Waals surface area (Å²) >= 11 is 0. The number of allylic oxidation sites excluding steroid dienone is 2. The minimum Gasteiger partial charge on any atom is -0.294 e. The fourth-order valence-electron chi connectivity index (χ4n) is 3.73. The van der Waals surface area contributed by atoms with Gasteiger partial charge in [0.25, 0.3) is 0 Å². The lowest BCUT2D eigenvalue weighted by Crippen LogP contribution is -2.23. The second-order valence-electron chi connectivity index (χ2n) is 8.32. The van der Waals surface area contributed by atoms with E-state index < -0.39 is 0 Å². The summed E-state index contributed by atoms with van der Waals surface area (Å²) < 4.78 is 0. The summed E-state index contributed by atoms with van der Waals surface area (Å²) in [5.74, 6) is 0.231. The number of ketones is 2. The van der Waals surface area contributed by atoms with Gasteiger partial charge in [-0.1, -0.05) is 81.8 Å². The van der Waals surface area contributed by atoms with Crippen LogP contribution in [0.5, 0.6) is 0 Å². The third kappa shape index (κ3) is 5.76. The first-order valence-electron chi connectivity index (χ1n) is 10.7. The average molecular weight is 391 g/mol.